The number of aryl methyl sites for hydroxylation is 1. The van der Waals surface area contributed by atoms with Crippen molar-refractivity contribution in [2.45, 2.75) is 40.5 Å². The second-order valence-corrected chi connectivity index (χ2v) is 2.45. The van der Waals surface area contributed by atoms with Gasteiger partial charge in [-0.3, -0.25) is 0 Å². The predicted molar refractivity (Wildman–Crippen MR) is 46.7 cm³/mol. The summed E-state index contributed by atoms with van der Waals surface area (Å²) >= 11 is 0. The molecule has 0 aliphatic heterocycles. The lowest BCUT2D eigenvalue weighted by Gasteiger charge is -1.97. The molecule has 0 radical (unpaired) electrons. The van der Waals surface area contributed by atoms with E-state index in [0.29, 0.717) is 5.92 Å². The largest absolute Gasteiger partial charge is 0.449 e. The van der Waals surface area contributed by atoms with Crippen LogP contribution in [0.25, 0.3) is 0 Å². The van der Waals surface area contributed by atoms with Gasteiger partial charge in [-0.05, 0) is 12.8 Å². The number of hydrogen-bond acceptors (Lipinski definition) is 2. The van der Waals surface area contributed by atoms with Crippen LogP contribution in [0, 0.1) is 6.92 Å². The number of rotatable bonds is 1. The number of aromatic nitrogens is 1. The second-order valence-electron chi connectivity index (χ2n) is 2.45. The van der Waals surface area contributed by atoms with E-state index in [2.05, 4.69) is 18.8 Å². The molecule has 0 aromatic carbocycles. The van der Waals surface area contributed by atoms with Gasteiger partial charge in [0, 0.05) is 0 Å². The van der Waals surface area contributed by atoms with Crippen LogP contribution in [-0.2, 0) is 0 Å². The van der Waals surface area contributed by atoms with Crippen molar-refractivity contribution < 1.29 is 4.42 Å². The van der Waals surface area contributed by atoms with Crippen LogP contribution in [0.4, 0.5) is 0 Å². The van der Waals surface area contributed by atoms with Crippen molar-refractivity contribution in [1.29, 1.82) is 0 Å². The van der Waals surface area contributed by atoms with Crippen molar-refractivity contribution in [1.82, 2.24) is 4.98 Å². The predicted octanol–water partition coefficient (Wildman–Crippen LogP) is 3.13. The molecule has 0 fully saturated rings. The van der Waals surface area contributed by atoms with Gasteiger partial charge in [-0.25, -0.2) is 4.98 Å². The van der Waals surface area contributed by atoms with Crippen LogP contribution in [0.1, 0.15) is 45.1 Å². The lowest BCUT2D eigenvalue weighted by atomic mass is 10.1. The molecule has 0 atom stereocenters. The lowest BCUT2D eigenvalue weighted by Crippen LogP contribution is -1.88. The molecule has 0 aliphatic rings. The third-order valence-corrected chi connectivity index (χ3v) is 1.33. The Balaban J connectivity index is 0.000000461. The van der Waals surface area contributed by atoms with Gasteiger partial charge in [0.25, 0.3) is 0 Å². The van der Waals surface area contributed by atoms with Gasteiger partial charge in [-0.2, -0.15) is 0 Å². The van der Waals surface area contributed by atoms with Gasteiger partial charge in [0.1, 0.15) is 5.76 Å². The molecule has 0 spiro atoms. The normalized spacial score (nSPS) is 9.27. The van der Waals surface area contributed by atoms with Crippen LogP contribution >= 0.6 is 0 Å². The third-order valence-electron chi connectivity index (χ3n) is 1.33. The Morgan fingerprint density at radius 1 is 1.36 bits per heavy atom. The van der Waals surface area contributed by atoms with Gasteiger partial charge in [0.2, 0.25) is 0 Å². The Morgan fingerprint density at radius 3 is 2.09 bits per heavy atom. The van der Waals surface area contributed by atoms with E-state index in [4.69, 9.17) is 4.42 Å². The quantitative estimate of drug-likeness (QED) is 0.622. The molecule has 0 N–H and O–H groups in total. The number of hydrogen-bond donors (Lipinski definition) is 0. The van der Waals surface area contributed by atoms with Gasteiger partial charge in [0.05, 0.1) is 5.69 Å². The van der Waals surface area contributed by atoms with Crippen molar-refractivity contribution in [3.05, 3.63) is 17.8 Å². The summed E-state index contributed by atoms with van der Waals surface area (Å²) in [5.74, 6) is 1.41. The molecule has 0 aliphatic carbocycles. The molecule has 0 saturated heterocycles. The van der Waals surface area contributed by atoms with Gasteiger partial charge in [-0.1, -0.05) is 27.7 Å². The van der Waals surface area contributed by atoms with Gasteiger partial charge in [-0.15, -0.1) is 0 Å². The molecule has 1 aromatic heterocycles. The summed E-state index contributed by atoms with van der Waals surface area (Å²) in [5.41, 5.74) is 1.06. The molecule has 0 saturated carbocycles. The van der Waals surface area contributed by atoms with E-state index >= 15 is 0 Å². The van der Waals surface area contributed by atoms with E-state index in [9.17, 15) is 0 Å². The maximum absolute atomic E-state index is 5.01. The SMILES string of the molecule is CC.Cc1ocnc1C(C)C. The average Bonchev–Trinajstić information content (AvgIpc) is 2.39. The standard InChI is InChI=1S/C7H11NO.C2H6/c1-5(2)7-6(3)9-4-8-7;1-2/h4-5H,1-3H3;1-2H3. The molecule has 2 heteroatoms. The fraction of sp³-hybridized carbons (Fsp3) is 0.667. The van der Waals surface area contributed by atoms with E-state index in [1.165, 1.54) is 6.39 Å². The Bertz CT molecular complexity index is 191. The smallest absolute Gasteiger partial charge is 0.181 e. The molecule has 64 valence electrons. The van der Waals surface area contributed by atoms with Crippen LogP contribution in [0.5, 0.6) is 0 Å². The van der Waals surface area contributed by atoms with E-state index in [1.807, 2.05) is 20.8 Å². The monoisotopic (exact) mass is 155 g/mol. The first-order chi connectivity index (χ1) is 5.22. The van der Waals surface area contributed by atoms with Crippen LogP contribution in [-0.4, -0.2) is 4.98 Å². The Labute approximate surface area is 68.6 Å². The van der Waals surface area contributed by atoms with E-state index in [1.54, 1.807) is 0 Å². The van der Waals surface area contributed by atoms with Crippen molar-refractivity contribution in [2.24, 2.45) is 0 Å². The highest BCUT2D eigenvalue weighted by Gasteiger charge is 2.05. The zero-order chi connectivity index (χ0) is 8.85. The van der Waals surface area contributed by atoms with E-state index < -0.39 is 0 Å². The zero-order valence-corrected chi connectivity index (χ0v) is 8.01. The van der Waals surface area contributed by atoms with Crippen molar-refractivity contribution in [2.75, 3.05) is 0 Å². The summed E-state index contributed by atoms with van der Waals surface area (Å²) in [4.78, 5) is 4.05. The van der Waals surface area contributed by atoms with Crippen molar-refractivity contribution in [3.63, 3.8) is 0 Å². The third kappa shape index (κ3) is 2.74. The maximum atomic E-state index is 5.01. The Hall–Kier alpha value is -0.790. The molecule has 0 bridgehead atoms. The number of nitrogens with zero attached hydrogens (tertiary/aromatic N) is 1. The van der Waals surface area contributed by atoms with Gasteiger partial charge in [0.15, 0.2) is 6.39 Å². The Kier molecular flexibility index (Phi) is 4.59. The number of oxazole rings is 1. The lowest BCUT2D eigenvalue weighted by molar-refractivity contribution is 0.523. The molecule has 1 aromatic rings. The summed E-state index contributed by atoms with van der Waals surface area (Å²) in [6.07, 6.45) is 1.49. The Morgan fingerprint density at radius 2 is 1.91 bits per heavy atom. The highest BCUT2D eigenvalue weighted by atomic mass is 16.3. The molecule has 11 heavy (non-hydrogen) atoms. The topological polar surface area (TPSA) is 26.0 Å². The molecule has 1 rings (SSSR count). The maximum Gasteiger partial charge on any atom is 0.181 e. The van der Waals surface area contributed by atoms with Crippen molar-refractivity contribution >= 4 is 0 Å². The fourth-order valence-electron chi connectivity index (χ4n) is 0.869. The van der Waals surface area contributed by atoms with Crippen LogP contribution in [0.3, 0.4) is 0 Å². The first-order valence-electron chi connectivity index (χ1n) is 4.12. The minimum absolute atomic E-state index is 0.476. The summed E-state index contributed by atoms with van der Waals surface area (Å²) in [7, 11) is 0. The summed E-state index contributed by atoms with van der Waals surface area (Å²) in [6.45, 7) is 10.1. The van der Waals surface area contributed by atoms with E-state index in [0.717, 1.165) is 11.5 Å². The molecule has 1 heterocycles. The van der Waals surface area contributed by atoms with Gasteiger partial charge < -0.3 is 4.42 Å². The molecular formula is C9H17NO. The molecule has 2 nitrogen and oxygen atoms in total. The second kappa shape index (κ2) is 4.94. The highest BCUT2D eigenvalue weighted by molar-refractivity contribution is 5.08. The average molecular weight is 155 g/mol. The highest BCUT2D eigenvalue weighted by Crippen LogP contribution is 2.15. The van der Waals surface area contributed by atoms with Crippen LogP contribution in [0.15, 0.2) is 10.8 Å². The van der Waals surface area contributed by atoms with Crippen LogP contribution in [0.2, 0.25) is 0 Å². The summed E-state index contributed by atoms with van der Waals surface area (Å²) in [6, 6.07) is 0. The fourth-order valence-corrected chi connectivity index (χ4v) is 0.869. The molecule has 0 amide bonds. The molecular weight excluding hydrogens is 138 g/mol. The van der Waals surface area contributed by atoms with Crippen LogP contribution < -0.4 is 0 Å². The first kappa shape index (κ1) is 10.2. The zero-order valence-electron chi connectivity index (χ0n) is 8.01. The summed E-state index contributed by atoms with van der Waals surface area (Å²) in [5, 5.41) is 0. The van der Waals surface area contributed by atoms with E-state index in [-0.39, 0.29) is 0 Å². The van der Waals surface area contributed by atoms with Crippen molar-refractivity contribution in [3.8, 4) is 0 Å². The first-order valence-corrected chi connectivity index (χ1v) is 4.12. The molecule has 0 unspecified atom stereocenters. The minimum Gasteiger partial charge on any atom is -0.449 e. The summed E-state index contributed by atoms with van der Waals surface area (Å²) < 4.78 is 5.01. The minimum atomic E-state index is 0.476. The van der Waals surface area contributed by atoms with Gasteiger partial charge >= 0.3 is 0 Å².